The first-order valence-corrected chi connectivity index (χ1v) is 9.22. The molecule has 0 spiro atoms. The third kappa shape index (κ3) is 4.12. The van der Waals surface area contributed by atoms with Crippen LogP contribution in [0.2, 0.25) is 5.02 Å². The van der Waals surface area contributed by atoms with Crippen LogP contribution < -0.4 is 16.3 Å². The molecule has 2 N–H and O–H groups in total. The maximum absolute atomic E-state index is 12.9. The summed E-state index contributed by atoms with van der Waals surface area (Å²) in [5.74, 6) is -0.0411. The standard InChI is InChI=1S/C20H17ClN6O2/c1-13-11-17-25-26(12-18(28)23-16-9-7-14(21)8-10-16)20(29)27(17)19(22-13)24-15-5-3-2-4-6-15/h2-11H,12H2,1H3,(H,22,24)(H,23,28). The third-order valence-corrected chi connectivity index (χ3v) is 4.40. The van der Waals surface area contributed by atoms with E-state index in [1.54, 1.807) is 30.3 Å². The van der Waals surface area contributed by atoms with Gasteiger partial charge in [-0.15, -0.1) is 5.10 Å². The van der Waals surface area contributed by atoms with E-state index in [0.29, 0.717) is 28.0 Å². The van der Waals surface area contributed by atoms with Crippen LogP contribution in [0.4, 0.5) is 17.3 Å². The summed E-state index contributed by atoms with van der Waals surface area (Å²) < 4.78 is 2.45. The minimum Gasteiger partial charge on any atom is -0.325 e. The molecule has 0 aliphatic rings. The number of para-hydroxylation sites is 1. The zero-order valence-electron chi connectivity index (χ0n) is 15.5. The fourth-order valence-corrected chi connectivity index (χ4v) is 2.99. The molecule has 0 saturated heterocycles. The largest absolute Gasteiger partial charge is 0.353 e. The highest BCUT2D eigenvalue weighted by Gasteiger charge is 2.15. The highest BCUT2D eigenvalue weighted by molar-refractivity contribution is 6.30. The topological polar surface area (TPSA) is 93.3 Å². The minimum absolute atomic E-state index is 0.229. The third-order valence-electron chi connectivity index (χ3n) is 4.15. The van der Waals surface area contributed by atoms with Crippen LogP contribution in [0.25, 0.3) is 5.65 Å². The summed E-state index contributed by atoms with van der Waals surface area (Å²) in [6, 6.07) is 17.8. The quantitative estimate of drug-likeness (QED) is 0.528. The molecule has 146 valence electrons. The van der Waals surface area contributed by atoms with Gasteiger partial charge in [-0.3, -0.25) is 4.79 Å². The van der Waals surface area contributed by atoms with Crippen molar-refractivity contribution in [3.8, 4) is 0 Å². The zero-order valence-corrected chi connectivity index (χ0v) is 16.2. The molecule has 0 saturated carbocycles. The Labute approximate surface area is 170 Å². The first kappa shape index (κ1) is 18.7. The van der Waals surface area contributed by atoms with Crippen LogP contribution in [0.5, 0.6) is 0 Å². The van der Waals surface area contributed by atoms with Crippen LogP contribution in [0, 0.1) is 6.92 Å². The number of anilines is 3. The summed E-state index contributed by atoms with van der Waals surface area (Å²) in [6.07, 6.45) is 0. The molecule has 2 heterocycles. The van der Waals surface area contributed by atoms with Crippen molar-refractivity contribution >= 4 is 40.5 Å². The number of rotatable bonds is 5. The lowest BCUT2D eigenvalue weighted by atomic mass is 10.3. The molecule has 29 heavy (non-hydrogen) atoms. The molecule has 4 rings (SSSR count). The van der Waals surface area contributed by atoms with E-state index in [4.69, 9.17) is 11.6 Å². The van der Waals surface area contributed by atoms with Crippen molar-refractivity contribution in [1.29, 1.82) is 0 Å². The number of benzene rings is 2. The number of fused-ring (bicyclic) bond motifs is 1. The maximum atomic E-state index is 12.9. The molecular weight excluding hydrogens is 392 g/mol. The molecule has 9 heteroatoms. The van der Waals surface area contributed by atoms with E-state index in [2.05, 4.69) is 20.7 Å². The summed E-state index contributed by atoms with van der Waals surface area (Å²) in [5.41, 5.74) is 2.00. The molecule has 0 aliphatic heterocycles. The zero-order chi connectivity index (χ0) is 20.4. The van der Waals surface area contributed by atoms with Crippen LogP contribution in [0.3, 0.4) is 0 Å². The number of hydrogen-bond acceptors (Lipinski definition) is 5. The van der Waals surface area contributed by atoms with Gasteiger partial charge >= 0.3 is 5.69 Å². The van der Waals surface area contributed by atoms with Crippen molar-refractivity contribution in [2.75, 3.05) is 10.6 Å². The first-order chi connectivity index (χ1) is 14.0. The van der Waals surface area contributed by atoms with Crippen LogP contribution in [0.15, 0.2) is 65.5 Å². The van der Waals surface area contributed by atoms with Gasteiger partial charge in [0.05, 0.1) is 0 Å². The van der Waals surface area contributed by atoms with E-state index in [0.717, 1.165) is 10.4 Å². The molecule has 0 fully saturated rings. The predicted octanol–water partition coefficient (Wildman–Crippen LogP) is 3.24. The second-order valence-corrected chi connectivity index (χ2v) is 6.84. The van der Waals surface area contributed by atoms with Gasteiger partial charge in [-0.1, -0.05) is 29.8 Å². The van der Waals surface area contributed by atoms with Gasteiger partial charge in [-0.05, 0) is 43.3 Å². The van der Waals surface area contributed by atoms with E-state index in [1.165, 1.54) is 4.40 Å². The fraction of sp³-hybridized carbons (Fsp3) is 0.100. The number of amides is 1. The van der Waals surface area contributed by atoms with E-state index in [1.807, 2.05) is 37.3 Å². The van der Waals surface area contributed by atoms with Gasteiger partial charge in [0.15, 0.2) is 5.65 Å². The lowest BCUT2D eigenvalue weighted by Gasteiger charge is -2.07. The van der Waals surface area contributed by atoms with Crippen molar-refractivity contribution in [3.63, 3.8) is 0 Å². The van der Waals surface area contributed by atoms with Crippen molar-refractivity contribution in [1.82, 2.24) is 19.2 Å². The summed E-state index contributed by atoms with van der Waals surface area (Å²) in [7, 11) is 0. The van der Waals surface area contributed by atoms with E-state index in [-0.39, 0.29) is 12.5 Å². The highest BCUT2D eigenvalue weighted by atomic mass is 35.5. The Morgan fingerprint density at radius 2 is 1.79 bits per heavy atom. The second-order valence-electron chi connectivity index (χ2n) is 6.40. The molecule has 2 aromatic heterocycles. The monoisotopic (exact) mass is 408 g/mol. The molecule has 0 aliphatic carbocycles. The van der Waals surface area contributed by atoms with Gasteiger partial charge in [-0.25, -0.2) is 18.9 Å². The van der Waals surface area contributed by atoms with Gasteiger partial charge < -0.3 is 10.6 Å². The van der Waals surface area contributed by atoms with E-state index in [9.17, 15) is 9.59 Å². The lowest BCUT2D eigenvalue weighted by molar-refractivity contribution is -0.117. The average Bonchev–Trinajstić information content (AvgIpc) is 2.99. The summed E-state index contributed by atoms with van der Waals surface area (Å²) in [4.78, 5) is 29.6. The Kier molecular flexibility index (Phi) is 5.01. The number of nitrogens with zero attached hydrogens (tertiary/aromatic N) is 4. The van der Waals surface area contributed by atoms with Crippen LogP contribution >= 0.6 is 11.6 Å². The first-order valence-electron chi connectivity index (χ1n) is 8.84. The number of halogens is 1. The Balaban J connectivity index is 1.63. The van der Waals surface area contributed by atoms with Crippen molar-refractivity contribution in [2.24, 2.45) is 0 Å². The SMILES string of the molecule is Cc1cc2nn(CC(=O)Nc3ccc(Cl)cc3)c(=O)n2c(Nc2ccccc2)n1. The van der Waals surface area contributed by atoms with Gasteiger partial charge in [0.25, 0.3) is 0 Å². The number of aromatic nitrogens is 4. The van der Waals surface area contributed by atoms with E-state index < -0.39 is 5.69 Å². The van der Waals surface area contributed by atoms with Crippen LogP contribution in [0.1, 0.15) is 5.69 Å². The van der Waals surface area contributed by atoms with Gasteiger partial charge in [0.2, 0.25) is 11.9 Å². The maximum Gasteiger partial charge on any atom is 0.353 e. The lowest BCUT2D eigenvalue weighted by Crippen LogP contribution is -2.29. The van der Waals surface area contributed by atoms with Crippen LogP contribution in [-0.2, 0) is 11.3 Å². The summed E-state index contributed by atoms with van der Waals surface area (Å²) in [6.45, 7) is 1.58. The molecule has 0 radical (unpaired) electrons. The van der Waals surface area contributed by atoms with Gasteiger partial charge in [0, 0.05) is 28.2 Å². The number of carbonyl (C=O) groups excluding carboxylic acids is 1. The molecule has 4 aromatic rings. The van der Waals surface area contributed by atoms with Crippen molar-refractivity contribution in [2.45, 2.75) is 13.5 Å². The smallest absolute Gasteiger partial charge is 0.325 e. The Hall–Kier alpha value is -3.65. The van der Waals surface area contributed by atoms with Gasteiger partial charge in [-0.2, -0.15) is 0 Å². The predicted molar refractivity (Wildman–Crippen MR) is 112 cm³/mol. The molecule has 8 nitrogen and oxygen atoms in total. The summed E-state index contributed by atoms with van der Waals surface area (Å²) in [5, 5.41) is 10.7. The second kappa shape index (κ2) is 7.76. The van der Waals surface area contributed by atoms with Gasteiger partial charge in [0.1, 0.15) is 6.54 Å². The number of nitrogens with one attached hydrogen (secondary N) is 2. The normalized spacial score (nSPS) is 10.8. The Morgan fingerprint density at radius 1 is 1.07 bits per heavy atom. The van der Waals surface area contributed by atoms with Crippen LogP contribution in [-0.4, -0.2) is 25.1 Å². The molecular formula is C20H17ClN6O2. The fourth-order valence-electron chi connectivity index (χ4n) is 2.86. The summed E-state index contributed by atoms with van der Waals surface area (Å²) >= 11 is 5.85. The molecule has 2 aromatic carbocycles. The number of aryl methyl sites for hydroxylation is 1. The molecule has 0 atom stereocenters. The highest BCUT2D eigenvalue weighted by Crippen LogP contribution is 2.16. The molecule has 0 bridgehead atoms. The molecule has 1 amide bonds. The number of carbonyl (C=O) groups is 1. The Morgan fingerprint density at radius 3 is 2.52 bits per heavy atom. The number of hydrogen-bond donors (Lipinski definition) is 2. The Bertz CT molecular complexity index is 1230. The minimum atomic E-state index is -0.461. The molecule has 0 unspecified atom stereocenters. The van der Waals surface area contributed by atoms with Crippen molar-refractivity contribution in [3.05, 3.63) is 81.9 Å². The van der Waals surface area contributed by atoms with Crippen molar-refractivity contribution < 1.29 is 4.79 Å². The van der Waals surface area contributed by atoms with E-state index >= 15 is 0 Å². The average molecular weight is 409 g/mol.